The molecule has 1 amide bonds. The molecule has 0 saturated carbocycles. The number of hydrogen-bond acceptors (Lipinski definition) is 7. The van der Waals surface area contributed by atoms with Crippen molar-refractivity contribution in [2.45, 2.75) is 57.1 Å². The lowest BCUT2D eigenvalue weighted by molar-refractivity contribution is -0.113. The molecule has 0 spiro atoms. The number of thioether (sulfide) groups is 1. The first-order chi connectivity index (χ1) is 17.0. The van der Waals surface area contributed by atoms with E-state index in [2.05, 4.69) is 28.2 Å². The number of allylic oxidation sites excluding steroid dienone is 1. The number of methoxy groups -OCH3 is 1. The quantitative estimate of drug-likeness (QED) is 0.238. The van der Waals surface area contributed by atoms with Crippen LogP contribution in [0, 0.1) is 6.92 Å². The number of thiophene rings is 1. The average Bonchev–Trinajstić information content (AvgIpc) is 3.38. The highest BCUT2D eigenvalue weighted by Crippen LogP contribution is 2.37. The molecule has 9 heteroatoms. The Hall–Kier alpha value is -2.91. The molecular formula is C26H30N4O3S2. The van der Waals surface area contributed by atoms with E-state index in [0.717, 1.165) is 54.6 Å². The Balaban J connectivity index is 1.51. The Morgan fingerprint density at radius 3 is 2.77 bits per heavy atom. The summed E-state index contributed by atoms with van der Waals surface area (Å²) in [6, 6.07) is 8.07. The van der Waals surface area contributed by atoms with Crippen LogP contribution in [0.25, 0.3) is 11.4 Å². The first kappa shape index (κ1) is 25.2. The minimum Gasteiger partial charge on any atom is -0.465 e. The number of anilines is 1. The van der Waals surface area contributed by atoms with Gasteiger partial charge in [0.25, 0.3) is 0 Å². The van der Waals surface area contributed by atoms with Gasteiger partial charge in [-0.25, -0.2) is 4.79 Å². The molecule has 1 N–H and O–H groups in total. The van der Waals surface area contributed by atoms with Gasteiger partial charge in [0, 0.05) is 17.0 Å². The number of fused-ring (bicyclic) bond motifs is 1. The molecule has 0 bridgehead atoms. The van der Waals surface area contributed by atoms with E-state index in [-0.39, 0.29) is 17.6 Å². The summed E-state index contributed by atoms with van der Waals surface area (Å²) in [6.45, 7) is 6.42. The van der Waals surface area contributed by atoms with Gasteiger partial charge in [-0.1, -0.05) is 54.4 Å². The SMILES string of the molecule is C=CCn1c(SCC(=O)Nc2sc3c(c2C(=O)OC)CCCCCC3)nnc1-c1cccc(C)c1. The molecule has 3 aromatic rings. The number of carbonyl (C=O) groups excluding carboxylic acids is 2. The summed E-state index contributed by atoms with van der Waals surface area (Å²) in [7, 11) is 1.38. The number of ether oxygens (including phenoxy) is 1. The maximum absolute atomic E-state index is 12.9. The van der Waals surface area contributed by atoms with Crippen LogP contribution >= 0.6 is 23.1 Å². The zero-order valence-electron chi connectivity index (χ0n) is 20.1. The Bertz CT molecular complexity index is 1230. The Morgan fingerprint density at radius 2 is 2.03 bits per heavy atom. The molecule has 7 nitrogen and oxygen atoms in total. The van der Waals surface area contributed by atoms with Crippen molar-refractivity contribution in [1.82, 2.24) is 14.8 Å². The molecular weight excluding hydrogens is 480 g/mol. The van der Waals surface area contributed by atoms with Crippen molar-refractivity contribution in [1.29, 1.82) is 0 Å². The van der Waals surface area contributed by atoms with E-state index in [4.69, 9.17) is 4.74 Å². The molecule has 0 atom stereocenters. The van der Waals surface area contributed by atoms with Crippen LogP contribution in [0.3, 0.4) is 0 Å². The number of carbonyl (C=O) groups is 2. The highest BCUT2D eigenvalue weighted by Gasteiger charge is 2.26. The highest BCUT2D eigenvalue weighted by atomic mass is 32.2. The number of aryl methyl sites for hydroxylation is 2. The minimum absolute atomic E-state index is 0.145. The summed E-state index contributed by atoms with van der Waals surface area (Å²) >= 11 is 2.82. The molecule has 0 aliphatic heterocycles. The van der Waals surface area contributed by atoms with Crippen molar-refractivity contribution in [2.24, 2.45) is 0 Å². The summed E-state index contributed by atoms with van der Waals surface area (Å²) in [5.41, 5.74) is 3.66. The molecule has 2 aromatic heterocycles. The minimum atomic E-state index is -0.389. The second-order valence-electron chi connectivity index (χ2n) is 8.53. The van der Waals surface area contributed by atoms with Crippen LogP contribution in [0.4, 0.5) is 5.00 Å². The van der Waals surface area contributed by atoms with Gasteiger partial charge < -0.3 is 10.1 Å². The summed E-state index contributed by atoms with van der Waals surface area (Å²) in [5, 5.41) is 12.9. The van der Waals surface area contributed by atoms with Crippen molar-refractivity contribution in [2.75, 3.05) is 18.2 Å². The van der Waals surface area contributed by atoms with Gasteiger partial charge in [-0.2, -0.15) is 0 Å². The van der Waals surface area contributed by atoms with Crippen LogP contribution in [-0.2, 0) is 28.9 Å². The molecule has 0 fully saturated rings. The zero-order chi connectivity index (χ0) is 24.8. The molecule has 0 saturated heterocycles. The third-order valence-corrected chi connectivity index (χ3v) is 8.12. The lowest BCUT2D eigenvalue weighted by Gasteiger charge is -2.11. The molecule has 0 radical (unpaired) electrons. The topological polar surface area (TPSA) is 86.1 Å². The van der Waals surface area contributed by atoms with Crippen molar-refractivity contribution >= 4 is 40.0 Å². The van der Waals surface area contributed by atoms with Crippen LogP contribution in [0.2, 0.25) is 0 Å². The van der Waals surface area contributed by atoms with Crippen molar-refractivity contribution in [3.8, 4) is 11.4 Å². The monoisotopic (exact) mass is 510 g/mol. The van der Waals surface area contributed by atoms with Gasteiger partial charge in [-0.15, -0.1) is 28.1 Å². The van der Waals surface area contributed by atoms with Gasteiger partial charge in [0.05, 0.1) is 18.4 Å². The van der Waals surface area contributed by atoms with Gasteiger partial charge in [0.15, 0.2) is 11.0 Å². The smallest absolute Gasteiger partial charge is 0.341 e. The van der Waals surface area contributed by atoms with Crippen LogP contribution in [0.1, 0.15) is 52.0 Å². The Morgan fingerprint density at radius 1 is 1.23 bits per heavy atom. The number of nitrogens with one attached hydrogen (secondary N) is 1. The van der Waals surface area contributed by atoms with Crippen molar-refractivity contribution in [3.63, 3.8) is 0 Å². The lowest BCUT2D eigenvalue weighted by atomic mass is 9.96. The number of hydrogen-bond donors (Lipinski definition) is 1. The molecule has 1 aromatic carbocycles. The molecule has 2 heterocycles. The summed E-state index contributed by atoms with van der Waals surface area (Å²) in [6.07, 6.45) is 8.05. The van der Waals surface area contributed by atoms with E-state index >= 15 is 0 Å². The van der Waals surface area contributed by atoms with Crippen LogP contribution in [0.5, 0.6) is 0 Å². The second-order valence-corrected chi connectivity index (χ2v) is 10.6. The van der Waals surface area contributed by atoms with E-state index in [0.29, 0.717) is 22.3 Å². The van der Waals surface area contributed by atoms with Crippen molar-refractivity contribution in [3.05, 3.63) is 58.5 Å². The second kappa shape index (κ2) is 11.7. The summed E-state index contributed by atoms with van der Waals surface area (Å²) in [5.74, 6) is 0.299. The Labute approximate surface area is 214 Å². The van der Waals surface area contributed by atoms with Gasteiger partial charge in [0.1, 0.15) is 5.00 Å². The molecule has 35 heavy (non-hydrogen) atoms. The van der Waals surface area contributed by atoms with Gasteiger partial charge in [0.2, 0.25) is 5.91 Å². The Kier molecular flexibility index (Phi) is 8.41. The van der Waals surface area contributed by atoms with E-state index in [9.17, 15) is 9.59 Å². The first-order valence-corrected chi connectivity index (χ1v) is 13.6. The molecule has 0 unspecified atom stereocenters. The molecule has 184 valence electrons. The van der Waals surface area contributed by atoms with Gasteiger partial charge in [-0.05, 0) is 44.2 Å². The standard InChI is InChI=1S/C26H30N4O3S2/c1-4-14-30-23(18-11-9-10-17(2)15-18)28-29-26(30)34-16-21(31)27-24-22(25(32)33-3)19-12-7-5-6-8-13-20(19)35-24/h4,9-11,15H,1,5-8,12-14,16H2,2-3H3,(H,27,31). The van der Waals surface area contributed by atoms with Gasteiger partial charge >= 0.3 is 5.97 Å². The third kappa shape index (κ3) is 5.85. The number of nitrogens with zero attached hydrogens (tertiary/aromatic N) is 3. The van der Waals surface area contributed by atoms with Gasteiger partial charge in [-0.3, -0.25) is 9.36 Å². The molecule has 1 aliphatic rings. The summed E-state index contributed by atoms with van der Waals surface area (Å²) in [4.78, 5) is 26.7. The number of aromatic nitrogens is 3. The summed E-state index contributed by atoms with van der Waals surface area (Å²) < 4.78 is 7.02. The predicted octanol–water partition coefficient (Wildman–Crippen LogP) is 5.68. The average molecular weight is 511 g/mol. The van der Waals surface area contributed by atoms with E-state index in [1.807, 2.05) is 29.7 Å². The number of benzene rings is 1. The fourth-order valence-electron chi connectivity index (χ4n) is 4.31. The molecule has 4 rings (SSSR count). The van der Waals surface area contributed by atoms with Crippen LogP contribution in [0.15, 0.2) is 42.1 Å². The zero-order valence-corrected chi connectivity index (χ0v) is 21.8. The normalized spacial score (nSPS) is 13.4. The third-order valence-electron chi connectivity index (χ3n) is 5.95. The number of rotatable bonds is 8. The maximum atomic E-state index is 12.9. The first-order valence-electron chi connectivity index (χ1n) is 11.8. The fraction of sp³-hybridized carbons (Fsp3) is 0.385. The van der Waals surface area contributed by atoms with Crippen LogP contribution < -0.4 is 5.32 Å². The fourth-order valence-corrected chi connectivity index (χ4v) is 6.35. The van der Waals surface area contributed by atoms with Crippen LogP contribution in [-0.4, -0.2) is 39.5 Å². The molecule has 1 aliphatic carbocycles. The van der Waals surface area contributed by atoms with E-state index in [1.165, 1.54) is 41.5 Å². The predicted molar refractivity (Wildman–Crippen MR) is 141 cm³/mol. The van der Waals surface area contributed by atoms with Crippen molar-refractivity contribution < 1.29 is 14.3 Å². The number of amides is 1. The maximum Gasteiger partial charge on any atom is 0.341 e. The lowest BCUT2D eigenvalue weighted by Crippen LogP contribution is -2.17. The highest BCUT2D eigenvalue weighted by molar-refractivity contribution is 7.99. The number of esters is 1. The van der Waals surface area contributed by atoms with E-state index < -0.39 is 0 Å². The largest absolute Gasteiger partial charge is 0.465 e. The van der Waals surface area contributed by atoms with E-state index in [1.54, 1.807) is 6.08 Å².